The van der Waals surface area contributed by atoms with Gasteiger partial charge in [-0.05, 0) is 13.3 Å². The van der Waals surface area contributed by atoms with Gasteiger partial charge in [-0.3, -0.25) is 0 Å². The third-order valence-corrected chi connectivity index (χ3v) is 1.32. The van der Waals surface area contributed by atoms with Crippen LogP contribution in [-0.2, 0) is 4.94 Å². The van der Waals surface area contributed by atoms with E-state index >= 15 is 0 Å². The van der Waals surface area contributed by atoms with E-state index in [0.29, 0.717) is 6.42 Å². The van der Waals surface area contributed by atoms with Crippen LogP contribution in [0.25, 0.3) is 0 Å². The lowest BCUT2D eigenvalue weighted by molar-refractivity contribution is -1.10. The van der Waals surface area contributed by atoms with Crippen LogP contribution in [0.3, 0.4) is 0 Å². The van der Waals surface area contributed by atoms with Gasteiger partial charge in [0.2, 0.25) is 0 Å². The summed E-state index contributed by atoms with van der Waals surface area (Å²) in [6, 6.07) is 0. The van der Waals surface area contributed by atoms with Gasteiger partial charge in [-0.2, -0.15) is 0 Å². The Kier molecular flexibility index (Phi) is 4.50. The molecule has 0 aromatic rings. The maximum absolute atomic E-state index is 10.5. The highest BCUT2D eigenvalue weighted by Crippen LogP contribution is 1.96. The molecule has 0 fully saturated rings. The Hall–Kier alpha value is -0.240. The van der Waals surface area contributed by atoms with Crippen LogP contribution < -0.4 is 22.0 Å². The number of hydrogen-bond acceptors (Lipinski definition) is 5. The summed E-state index contributed by atoms with van der Waals surface area (Å²) in [6.07, 6.45) is 0.671. The summed E-state index contributed by atoms with van der Waals surface area (Å²) in [4.78, 5) is 4.52. The van der Waals surface area contributed by atoms with Crippen molar-refractivity contribution in [3.05, 3.63) is 5.21 Å². The molecule has 0 aromatic heterocycles. The fourth-order valence-electron chi connectivity index (χ4n) is 0.286. The summed E-state index contributed by atoms with van der Waals surface area (Å²) in [5.74, 6) is 0. The second-order valence-corrected chi connectivity index (χ2v) is 2.51. The van der Waals surface area contributed by atoms with Crippen molar-refractivity contribution < 1.29 is 10.3 Å². The van der Waals surface area contributed by atoms with Gasteiger partial charge in [0.15, 0.2) is 0 Å². The molecular formula is C5H16N4O2. The van der Waals surface area contributed by atoms with Crippen LogP contribution in [0.2, 0.25) is 0 Å². The summed E-state index contributed by atoms with van der Waals surface area (Å²) in [6.45, 7) is 3.62. The van der Waals surface area contributed by atoms with Crippen LogP contribution >= 0.6 is 0 Å². The van der Waals surface area contributed by atoms with E-state index in [2.05, 4.69) is 15.8 Å². The number of quaternary nitrogens is 1. The molecule has 0 aliphatic heterocycles. The number of hydrogen-bond donors (Lipinski definition) is 4. The first-order chi connectivity index (χ1) is 5.02. The van der Waals surface area contributed by atoms with Gasteiger partial charge in [-0.1, -0.05) is 11.9 Å². The number of hydroxylamine groups is 1. The van der Waals surface area contributed by atoms with Crippen molar-refractivity contribution in [1.29, 1.82) is 0 Å². The molecule has 0 aliphatic carbocycles. The third kappa shape index (κ3) is 5.08. The lowest BCUT2D eigenvalue weighted by atomic mass is 10.2. The molecule has 2 unspecified atom stereocenters. The highest BCUT2D eigenvalue weighted by molar-refractivity contribution is 4.66. The maximum atomic E-state index is 10.5. The minimum absolute atomic E-state index is 0.546. The zero-order chi connectivity index (χ0) is 8.91. The van der Waals surface area contributed by atoms with Crippen molar-refractivity contribution in [3.8, 4) is 0 Å². The first-order valence-electron chi connectivity index (χ1n) is 3.46. The van der Waals surface area contributed by atoms with E-state index in [1.807, 2.05) is 6.92 Å². The van der Waals surface area contributed by atoms with Crippen molar-refractivity contribution in [3.63, 3.8) is 0 Å². The molecular weight excluding hydrogens is 148 g/mol. The first kappa shape index (κ1) is 10.8. The Morgan fingerprint density at radius 3 is 2.64 bits per heavy atom. The van der Waals surface area contributed by atoms with Crippen LogP contribution in [0.4, 0.5) is 0 Å². The molecule has 0 saturated carbocycles. The molecule has 0 spiro atoms. The smallest absolute Gasteiger partial charge is 0.0924 e. The van der Waals surface area contributed by atoms with E-state index in [9.17, 15) is 5.21 Å². The minimum Gasteiger partial charge on any atom is -0.578 e. The van der Waals surface area contributed by atoms with Crippen molar-refractivity contribution in [1.82, 2.24) is 10.9 Å². The normalized spacial score (nSPS) is 19.4. The monoisotopic (exact) mass is 164 g/mol. The van der Waals surface area contributed by atoms with Crippen LogP contribution in [0.15, 0.2) is 0 Å². The lowest BCUT2D eigenvalue weighted by Gasteiger charge is -2.25. The molecule has 6 nitrogen and oxygen atoms in total. The molecule has 0 rings (SSSR count). The van der Waals surface area contributed by atoms with Gasteiger partial charge in [0, 0.05) is 7.05 Å². The summed E-state index contributed by atoms with van der Waals surface area (Å²) >= 11 is 0. The van der Waals surface area contributed by atoms with Gasteiger partial charge in [-0.15, -0.1) is 16.2 Å². The molecule has 0 heterocycles. The van der Waals surface area contributed by atoms with Crippen molar-refractivity contribution in [2.75, 3.05) is 7.05 Å². The van der Waals surface area contributed by atoms with E-state index < -0.39 is 11.0 Å². The standard InChI is InChI=1S/C5H16N4O2/c1-4-5(2,6)8-11-9(10)7-3/h7-9H,4,6H2,1-3H3. The van der Waals surface area contributed by atoms with Crippen molar-refractivity contribution >= 4 is 0 Å². The summed E-state index contributed by atoms with van der Waals surface area (Å²) in [5, 5.41) is 9.98. The SMILES string of the molecule is CCC(C)(N)NO[NH+]([O-])NC. The van der Waals surface area contributed by atoms with Crippen LogP contribution in [0, 0.1) is 5.21 Å². The Labute approximate surface area is 66.1 Å². The second kappa shape index (κ2) is 4.60. The van der Waals surface area contributed by atoms with Gasteiger partial charge in [-0.25, -0.2) is 0 Å². The fraction of sp³-hybridized carbons (Fsp3) is 1.00. The molecule has 2 atom stereocenters. The molecule has 6 heteroatoms. The van der Waals surface area contributed by atoms with E-state index in [1.54, 1.807) is 6.92 Å². The fourth-order valence-corrected chi connectivity index (χ4v) is 0.286. The Morgan fingerprint density at radius 2 is 2.27 bits per heavy atom. The van der Waals surface area contributed by atoms with Crippen LogP contribution in [0.1, 0.15) is 20.3 Å². The first-order valence-corrected chi connectivity index (χ1v) is 3.46. The molecule has 68 valence electrons. The van der Waals surface area contributed by atoms with Crippen molar-refractivity contribution in [2.24, 2.45) is 5.73 Å². The zero-order valence-corrected chi connectivity index (χ0v) is 7.10. The van der Waals surface area contributed by atoms with Gasteiger partial charge in [0.05, 0.1) is 5.66 Å². The summed E-state index contributed by atoms with van der Waals surface area (Å²) in [5.41, 5.74) is 9.65. The van der Waals surface area contributed by atoms with Crippen LogP contribution in [0.5, 0.6) is 0 Å². The molecule has 0 aromatic carbocycles. The number of nitrogens with one attached hydrogen (secondary N) is 3. The predicted octanol–water partition coefficient (Wildman–Crippen LogP) is -1.98. The quantitative estimate of drug-likeness (QED) is 0.279. The largest absolute Gasteiger partial charge is 0.578 e. The van der Waals surface area contributed by atoms with Crippen LogP contribution in [-0.4, -0.2) is 12.7 Å². The van der Waals surface area contributed by atoms with E-state index in [0.717, 1.165) is 0 Å². The summed E-state index contributed by atoms with van der Waals surface area (Å²) in [7, 11) is 1.48. The average Bonchev–Trinajstić information content (AvgIpc) is 2.00. The molecule has 0 amide bonds. The van der Waals surface area contributed by atoms with Gasteiger partial charge < -0.3 is 10.9 Å². The topological polar surface area (TPSA) is 86.8 Å². The highest BCUT2D eigenvalue weighted by atomic mass is 17.0. The third-order valence-electron chi connectivity index (χ3n) is 1.32. The second-order valence-electron chi connectivity index (χ2n) is 2.51. The molecule has 0 bridgehead atoms. The van der Waals surface area contributed by atoms with E-state index in [-0.39, 0.29) is 0 Å². The number of rotatable bonds is 5. The zero-order valence-electron chi connectivity index (χ0n) is 7.10. The number of nitrogens with two attached hydrogens (primary N) is 1. The predicted molar refractivity (Wildman–Crippen MR) is 40.5 cm³/mol. The van der Waals surface area contributed by atoms with E-state index in [1.165, 1.54) is 7.05 Å². The molecule has 11 heavy (non-hydrogen) atoms. The van der Waals surface area contributed by atoms with Crippen molar-refractivity contribution in [2.45, 2.75) is 25.9 Å². The average molecular weight is 164 g/mol. The lowest BCUT2D eigenvalue weighted by Crippen LogP contribution is -3.14. The maximum Gasteiger partial charge on any atom is 0.0924 e. The Balaban J connectivity index is 3.52. The molecule has 0 aliphatic rings. The van der Waals surface area contributed by atoms with E-state index in [4.69, 9.17) is 5.73 Å². The molecule has 0 radical (unpaired) electrons. The molecule has 5 N–H and O–H groups in total. The summed E-state index contributed by atoms with van der Waals surface area (Å²) < 4.78 is 0. The van der Waals surface area contributed by atoms with Gasteiger partial charge >= 0.3 is 0 Å². The highest BCUT2D eigenvalue weighted by Gasteiger charge is 2.16. The van der Waals surface area contributed by atoms with Gasteiger partial charge in [0.25, 0.3) is 0 Å². The van der Waals surface area contributed by atoms with Gasteiger partial charge in [0.1, 0.15) is 0 Å². The Bertz CT molecular complexity index is 109. The Morgan fingerprint density at radius 1 is 1.73 bits per heavy atom. The minimum atomic E-state index is -0.660. The molecule has 0 saturated heterocycles.